The molecule has 0 radical (unpaired) electrons. The van der Waals surface area contributed by atoms with Gasteiger partial charge in [-0.25, -0.2) is 0 Å². The highest BCUT2D eigenvalue weighted by molar-refractivity contribution is 5.76. The van der Waals surface area contributed by atoms with Gasteiger partial charge in [0, 0.05) is 6.07 Å². The average Bonchev–Trinajstić information content (AvgIpc) is 2.55. The highest BCUT2D eigenvalue weighted by Gasteiger charge is 2.19. The van der Waals surface area contributed by atoms with Gasteiger partial charge in [-0.15, -0.1) is 0 Å². The molecule has 7 heteroatoms. The number of rotatable bonds is 11. The summed E-state index contributed by atoms with van der Waals surface area (Å²) in [4.78, 5) is 21.9. The van der Waals surface area contributed by atoms with Gasteiger partial charge in [-0.1, -0.05) is 45.1 Å². The molecular weight excluding hydrogens is 312 g/mol. The number of aromatic hydroxyl groups is 1. The Labute approximate surface area is 142 Å². The smallest absolute Gasteiger partial charge is 0.323 e. The third kappa shape index (κ3) is 6.95. The molecule has 0 aliphatic heterocycles. The minimum absolute atomic E-state index is 0.121. The van der Waals surface area contributed by atoms with Crippen LogP contribution in [-0.2, 0) is 16.0 Å². The first-order valence-electron chi connectivity index (χ1n) is 8.34. The SMILES string of the molecule is CCCCCCCCOC(=O)[C@@H](N)Cc1ccc(O)c([N+](=O)[O-])c1. The monoisotopic (exact) mass is 338 g/mol. The minimum atomic E-state index is -0.880. The van der Waals surface area contributed by atoms with Crippen molar-refractivity contribution in [1.29, 1.82) is 0 Å². The maximum atomic E-state index is 11.8. The lowest BCUT2D eigenvalue weighted by Crippen LogP contribution is -2.34. The van der Waals surface area contributed by atoms with Crippen LogP contribution in [0.5, 0.6) is 5.75 Å². The fourth-order valence-electron chi connectivity index (χ4n) is 2.34. The number of hydrogen-bond acceptors (Lipinski definition) is 6. The molecule has 1 aromatic rings. The van der Waals surface area contributed by atoms with Crippen molar-refractivity contribution >= 4 is 11.7 Å². The van der Waals surface area contributed by atoms with Crippen molar-refractivity contribution in [1.82, 2.24) is 0 Å². The van der Waals surface area contributed by atoms with Crippen molar-refractivity contribution < 1.29 is 19.6 Å². The second-order valence-electron chi connectivity index (χ2n) is 5.83. The number of phenols is 1. The standard InChI is InChI=1S/C17H26N2O5/c1-2-3-4-5-6-7-10-24-17(21)14(18)11-13-8-9-16(20)15(12-13)19(22)23/h8-9,12,14,20H,2-7,10-11,18H2,1H3/t14-/m0/s1. The lowest BCUT2D eigenvalue weighted by atomic mass is 10.1. The number of nitro groups is 1. The number of esters is 1. The second-order valence-corrected chi connectivity index (χ2v) is 5.83. The summed E-state index contributed by atoms with van der Waals surface area (Å²) in [6.07, 6.45) is 6.71. The Morgan fingerprint density at radius 2 is 1.96 bits per heavy atom. The van der Waals surface area contributed by atoms with Crippen LogP contribution in [0.4, 0.5) is 5.69 Å². The summed E-state index contributed by atoms with van der Waals surface area (Å²) >= 11 is 0. The van der Waals surface area contributed by atoms with Crippen LogP contribution in [0.1, 0.15) is 51.0 Å². The first-order valence-corrected chi connectivity index (χ1v) is 8.34. The fraction of sp³-hybridized carbons (Fsp3) is 0.588. The molecule has 24 heavy (non-hydrogen) atoms. The van der Waals surface area contributed by atoms with E-state index in [1.807, 2.05) is 0 Å². The van der Waals surface area contributed by atoms with E-state index in [9.17, 15) is 20.0 Å². The summed E-state index contributed by atoms with van der Waals surface area (Å²) in [5, 5.41) is 20.2. The Balaban J connectivity index is 2.36. The number of carbonyl (C=O) groups excluding carboxylic acids is 1. The van der Waals surface area contributed by atoms with E-state index in [-0.39, 0.29) is 6.42 Å². The predicted molar refractivity (Wildman–Crippen MR) is 90.8 cm³/mol. The van der Waals surface area contributed by atoms with E-state index in [1.165, 1.54) is 37.5 Å². The number of hydrogen-bond donors (Lipinski definition) is 2. The zero-order valence-electron chi connectivity index (χ0n) is 14.1. The van der Waals surface area contributed by atoms with E-state index >= 15 is 0 Å². The molecule has 1 aromatic carbocycles. The van der Waals surface area contributed by atoms with Crippen LogP contribution in [0, 0.1) is 10.1 Å². The van der Waals surface area contributed by atoms with E-state index in [1.54, 1.807) is 0 Å². The highest BCUT2D eigenvalue weighted by atomic mass is 16.6. The van der Waals surface area contributed by atoms with Crippen molar-refractivity contribution in [3.8, 4) is 5.75 Å². The summed E-state index contributed by atoms with van der Waals surface area (Å²) < 4.78 is 5.14. The number of nitrogens with two attached hydrogens (primary N) is 1. The molecule has 0 unspecified atom stereocenters. The predicted octanol–water partition coefficient (Wildman–Crippen LogP) is 3.07. The maximum Gasteiger partial charge on any atom is 0.323 e. The molecule has 3 N–H and O–H groups in total. The first kappa shape index (κ1) is 19.9. The summed E-state index contributed by atoms with van der Waals surface area (Å²) in [6.45, 7) is 2.50. The number of ether oxygens (including phenoxy) is 1. The van der Waals surface area contributed by atoms with Gasteiger partial charge in [-0.3, -0.25) is 14.9 Å². The number of phenolic OH excluding ortho intramolecular Hbond substituents is 1. The van der Waals surface area contributed by atoms with E-state index in [2.05, 4.69) is 6.92 Å². The van der Waals surface area contributed by atoms with Crippen LogP contribution >= 0.6 is 0 Å². The molecule has 0 aliphatic carbocycles. The first-order chi connectivity index (χ1) is 11.5. The largest absolute Gasteiger partial charge is 0.502 e. The van der Waals surface area contributed by atoms with Gasteiger partial charge in [-0.2, -0.15) is 0 Å². The van der Waals surface area contributed by atoms with Gasteiger partial charge in [0.05, 0.1) is 11.5 Å². The molecular formula is C17H26N2O5. The Morgan fingerprint density at radius 1 is 1.29 bits per heavy atom. The van der Waals surface area contributed by atoms with Gasteiger partial charge in [0.1, 0.15) is 6.04 Å². The lowest BCUT2D eigenvalue weighted by molar-refractivity contribution is -0.385. The highest BCUT2D eigenvalue weighted by Crippen LogP contribution is 2.26. The van der Waals surface area contributed by atoms with Crippen molar-refractivity contribution in [2.75, 3.05) is 6.61 Å². The van der Waals surface area contributed by atoms with E-state index < -0.39 is 28.4 Å². The van der Waals surface area contributed by atoms with Crippen LogP contribution in [0.15, 0.2) is 18.2 Å². The van der Waals surface area contributed by atoms with Gasteiger partial charge in [0.15, 0.2) is 5.75 Å². The Bertz CT molecular complexity index is 548. The Morgan fingerprint density at radius 3 is 2.62 bits per heavy atom. The summed E-state index contributed by atoms with van der Waals surface area (Å²) in [5.74, 6) is -0.928. The number of benzene rings is 1. The van der Waals surface area contributed by atoms with Crippen molar-refractivity contribution in [3.05, 3.63) is 33.9 Å². The van der Waals surface area contributed by atoms with Crippen LogP contribution < -0.4 is 5.73 Å². The number of nitrogens with zero attached hydrogens (tertiary/aromatic N) is 1. The second kappa shape index (κ2) is 10.6. The van der Waals surface area contributed by atoms with Crippen LogP contribution in [0.3, 0.4) is 0 Å². The van der Waals surface area contributed by atoms with Gasteiger partial charge in [0.2, 0.25) is 0 Å². The molecule has 0 amide bonds. The minimum Gasteiger partial charge on any atom is -0.502 e. The molecule has 1 rings (SSSR count). The van der Waals surface area contributed by atoms with Crippen LogP contribution in [0.25, 0.3) is 0 Å². The summed E-state index contributed by atoms with van der Waals surface area (Å²) in [7, 11) is 0. The molecule has 0 spiro atoms. The molecule has 0 aromatic heterocycles. The molecule has 0 saturated carbocycles. The fourth-order valence-corrected chi connectivity index (χ4v) is 2.34. The Kier molecular flexibility index (Phi) is 8.78. The molecule has 134 valence electrons. The van der Waals surface area contributed by atoms with Crippen LogP contribution in [0.2, 0.25) is 0 Å². The average molecular weight is 338 g/mol. The lowest BCUT2D eigenvalue weighted by Gasteiger charge is -2.12. The zero-order chi connectivity index (χ0) is 17.9. The van der Waals surface area contributed by atoms with Crippen LogP contribution in [-0.4, -0.2) is 28.6 Å². The Hall–Kier alpha value is -2.15. The summed E-state index contributed by atoms with van der Waals surface area (Å²) in [5.41, 5.74) is 5.89. The van der Waals surface area contributed by atoms with Crippen molar-refractivity contribution in [2.24, 2.45) is 5.73 Å². The maximum absolute atomic E-state index is 11.8. The molecule has 0 aliphatic rings. The van der Waals surface area contributed by atoms with E-state index in [0.717, 1.165) is 19.3 Å². The molecule has 0 heterocycles. The quantitative estimate of drug-likeness (QED) is 0.277. The number of carbonyl (C=O) groups is 1. The molecule has 0 saturated heterocycles. The topological polar surface area (TPSA) is 116 Å². The molecule has 7 nitrogen and oxygen atoms in total. The summed E-state index contributed by atoms with van der Waals surface area (Å²) in [6, 6.07) is 3.07. The van der Waals surface area contributed by atoms with E-state index in [0.29, 0.717) is 12.2 Å². The van der Waals surface area contributed by atoms with Gasteiger partial charge >= 0.3 is 11.7 Å². The van der Waals surface area contributed by atoms with E-state index in [4.69, 9.17) is 10.5 Å². The number of unbranched alkanes of at least 4 members (excludes halogenated alkanes) is 5. The van der Waals surface area contributed by atoms with Crippen molar-refractivity contribution in [3.63, 3.8) is 0 Å². The zero-order valence-corrected chi connectivity index (χ0v) is 14.1. The molecule has 0 fully saturated rings. The van der Waals surface area contributed by atoms with Gasteiger partial charge < -0.3 is 15.6 Å². The molecule has 1 atom stereocenters. The van der Waals surface area contributed by atoms with Gasteiger partial charge in [-0.05, 0) is 24.5 Å². The number of nitro benzene ring substituents is 1. The normalized spacial score (nSPS) is 11.9. The van der Waals surface area contributed by atoms with Gasteiger partial charge in [0.25, 0.3) is 0 Å². The van der Waals surface area contributed by atoms with Crippen molar-refractivity contribution in [2.45, 2.75) is 57.9 Å². The third-order valence-electron chi connectivity index (χ3n) is 3.74. The molecule has 0 bridgehead atoms. The third-order valence-corrected chi connectivity index (χ3v) is 3.74.